The summed E-state index contributed by atoms with van der Waals surface area (Å²) in [5.74, 6) is 1.54. The number of carbonyl (C=O) groups excluding carboxylic acids is 1. The van der Waals surface area contributed by atoms with Crippen LogP contribution in [0.25, 0.3) is 0 Å². The molecule has 24 heavy (non-hydrogen) atoms. The van der Waals surface area contributed by atoms with E-state index in [9.17, 15) is 4.79 Å². The van der Waals surface area contributed by atoms with Gasteiger partial charge in [0.2, 0.25) is 5.91 Å². The minimum absolute atomic E-state index is 0.0986. The zero-order chi connectivity index (χ0) is 17.1. The number of amides is 1. The second kappa shape index (κ2) is 7.00. The van der Waals surface area contributed by atoms with Crippen molar-refractivity contribution in [1.82, 2.24) is 15.0 Å². The van der Waals surface area contributed by atoms with Crippen molar-refractivity contribution in [3.8, 4) is 0 Å². The highest BCUT2D eigenvalue weighted by molar-refractivity contribution is 5.92. The van der Waals surface area contributed by atoms with Crippen LogP contribution in [0.3, 0.4) is 0 Å². The van der Waals surface area contributed by atoms with Crippen molar-refractivity contribution in [1.29, 1.82) is 0 Å². The molecule has 0 atom stereocenters. The molecule has 7 heteroatoms. The van der Waals surface area contributed by atoms with Crippen LogP contribution in [-0.4, -0.2) is 54.2 Å². The van der Waals surface area contributed by atoms with Crippen molar-refractivity contribution in [2.45, 2.75) is 20.3 Å². The van der Waals surface area contributed by atoms with Gasteiger partial charge < -0.3 is 19.6 Å². The Kier molecular flexibility index (Phi) is 4.80. The standard InChI is InChI=1S/C17H23N5O2/c1-12-15(13(2)24-20-12)10-17(23)19-14-4-5-16(18-11-14)22-8-6-21(3)7-9-22/h4-5,11H,6-10H2,1-3H3,(H,19,23). The van der Waals surface area contributed by atoms with E-state index in [4.69, 9.17) is 4.52 Å². The molecular weight excluding hydrogens is 306 g/mol. The van der Waals surface area contributed by atoms with Crippen LogP contribution >= 0.6 is 0 Å². The van der Waals surface area contributed by atoms with Gasteiger partial charge in [-0.25, -0.2) is 4.98 Å². The Morgan fingerprint density at radius 1 is 1.25 bits per heavy atom. The molecule has 1 saturated heterocycles. The van der Waals surface area contributed by atoms with E-state index in [1.165, 1.54) is 0 Å². The number of likely N-dealkylation sites (N-methyl/N-ethyl adjacent to an activating group) is 1. The van der Waals surface area contributed by atoms with Gasteiger partial charge in [-0.2, -0.15) is 0 Å². The Bertz CT molecular complexity index is 683. The number of rotatable bonds is 4. The quantitative estimate of drug-likeness (QED) is 0.919. The Labute approximate surface area is 141 Å². The first-order valence-electron chi connectivity index (χ1n) is 8.14. The molecule has 0 saturated carbocycles. The number of anilines is 2. The highest BCUT2D eigenvalue weighted by atomic mass is 16.5. The SMILES string of the molecule is Cc1noc(C)c1CC(=O)Nc1ccc(N2CCN(C)CC2)nc1. The third-order valence-electron chi connectivity index (χ3n) is 4.38. The topological polar surface area (TPSA) is 74.5 Å². The zero-order valence-corrected chi connectivity index (χ0v) is 14.4. The van der Waals surface area contributed by atoms with E-state index in [1.54, 1.807) is 6.20 Å². The summed E-state index contributed by atoms with van der Waals surface area (Å²) in [7, 11) is 2.13. The summed E-state index contributed by atoms with van der Waals surface area (Å²) < 4.78 is 5.09. The number of nitrogens with one attached hydrogen (secondary N) is 1. The molecule has 1 N–H and O–H groups in total. The largest absolute Gasteiger partial charge is 0.361 e. The monoisotopic (exact) mass is 329 g/mol. The number of piperazine rings is 1. The lowest BCUT2D eigenvalue weighted by atomic mass is 10.1. The lowest BCUT2D eigenvalue weighted by Gasteiger charge is -2.33. The Morgan fingerprint density at radius 3 is 2.58 bits per heavy atom. The molecule has 0 aliphatic carbocycles. The van der Waals surface area contributed by atoms with Crippen LogP contribution in [0.15, 0.2) is 22.9 Å². The maximum absolute atomic E-state index is 12.2. The first-order valence-corrected chi connectivity index (χ1v) is 8.14. The molecule has 1 amide bonds. The van der Waals surface area contributed by atoms with Gasteiger partial charge in [0.1, 0.15) is 11.6 Å². The minimum atomic E-state index is -0.0986. The van der Waals surface area contributed by atoms with Gasteiger partial charge in [0.05, 0.1) is 24.0 Å². The van der Waals surface area contributed by atoms with E-state index in [0.29, 0.717) is 11.4 Å². The smallest absolute Gasteiger partial charge is 0.229 e. The Balaban J connectivity index is 1.59. The summed E-state index contributed by atoms with van der Waals surface area (Å²) in [6.45, 7) is 7.68. The van der Waals surface area contributed by atoms with E-state index in [-0.39, 0.29) is 12.3 Å². The molecule has 0 bridgehead atoms. The third-order valence-corrected chi connectivity index (χ3v) is 4.38. The summed E-state index contributed by atoms with van der Waals surface area (Å²) in [4.78, 5) is 21.2. The molecule has 3 heterocycles. The average molecular weight is 329 g/mol. The second-order valence-corrected chi connectivity index (χ2v) is 6.22. The first kappa shape index (κ1) is 16.4. The molecule has 3 rings (SSSR count). The van der Waals surface area contributed by atoms with Gasteiger partial charge in [-0.3, -0.25) is 4.79 Å². The van der Waals surface area contributed by atoms with Crippen LogP contribution in [0, 0.1) is 13.8 Å². The molecule has 0 radical (unpaired) electrons. The van der Waals surface area contributed by atoms with E-state index in [0.717, 1.165) is 43.3 Å². The fraction of sp³-hybridized carbons (Fsp3) is 0.471. The number of hydrogen-bond donors (Lipinski definition) is 1. The lowest BCUT2D eigenvalue weighted by molar-refractivity contribution is -0.115. The Hall–Kier alpha value is -2.41. The van der Waals surface area contributed by atoms with Crippen LogP contribution in [0.4, 0.5) is 11.5 Å². The molecule has 0 spiro atoms. The molecule has 2 aromatic rings. The van der Waals surface area contributed by atoms with Gasteiger partial charge >= 0.3 is 0 Å². The van der Waals surface area contributed by atoms with E-state index in [1.807, 2.05) is 26.0 Å². The number of nitrogens with zero attached hydrogens (tertiary/aromatic N) is 4. The summed E-state index contributed by atoms with van der Waals surface area (Å²) in [6, 6.07) is 3.85. The number of aromatic nitrogens is 2. The van der Waals surface area contributed by atoms with Crippen LogP contribution in [0.2, 0.25) is 0 Å². The summed E-state index contributed by atoms with van der Waals surface area (Å²) in [5.41, 5.74) is 2.30. The summed E-state index contributed by atoms with van der Waals surface area (Å²) in [5, 5.41) is 6.74. The molecular formula is C17H23N5O2. The Morgan fingerprint density at radius 2 is 2.00 bits per heavy atom. The maximum atomic E-state index is 12.2. The normalized spacial score (nSPS) is 15.5. The molecule has 1 aliphatic rings. The molecule has 1 aliphatic heterocycles. The fourth-order valence-corrected chi connectivity index (χ4v) is 2.80. The molecule has 2 aromatic heterocycles. The minimum Gasteiger partial charge on any atom is -0.361 e. The van der Waals surface area contributed by atoms with Crippen molar-refractivity contribution in [3.63, 3.8) is 0 Å². The van der Waals surface area contributed by atoms with Crippen molar-refractivity contribution < 1.29 is 9.32 Å². The molecule has 1 fully saturated rings. The van der Waals surface area contributed by atoms with E-state index >= 15 is 0 Å². The summed E-state index contributed by atoms with van der Waals surface area (Å²) in [6.07, 6.45) is 1.96. The molecule has 0 unspecified atom stereocenters. The van der Waals surface area contributed by atoms with Crippen LogP contribution in [0.5, 0.6) is 0 Å². The van der Waals surface area contributed by atoms with Crippen molar-refractivity contribution >= 4 is 17.4 Å². The number of carbonyl (C=O) groups is 1. The first-order chi connectivity index (χ1) is 11.5. The van der Waals surface area contributed by atoms with Crippen LogP contribution in [-0.2, 0) is 11.2 Å². The number of aryl methyl sites for hydroxylation is 2. The van der Waals surface area contributed by atoms with Gasteiger partial charge in [0.25, 0.3) is 0 Å². The maximum Gasteiger partial charge on any atom is 0.229 e. The van der Waals surface area contributed by atoms with Crippen molar-refractivity contribution in [2.24, 2.45) is 0 Å². The van der Waals surface area contributed by atoms with Gasteiger partial charge in [-0.15, -0.1) is 0 Å². The zero-order valence-electron chi connectivity index (χ0n) is 14.4. The number of hydrogen-bond acceptors (Lipinski definition) is 6. The average Bonchev–Trinajstić information content (AvgIpc) is 2.88. The fourth-order valence-electron chi connectivity index (χ4n) is 2.80. The van der Waals surface area contributed by atoms with E-state index < -0.39 is 0 Å². The van der Waals surface area contributed by atoms with Gasteiger partial charge in [-0.1, -0.05) is 5.16 Å². The third kappa shape index (κ3) is 3.73. The highest BCUT2D eigenvalue weighted by Gasteiger charge is 2.16. The second-order valence-electron chi connectivity index (χ2n) is 6.22. The van der Waals surface area contributed by atoms with Crippen LogP contribution < -0.4 is 10.2 Å². The lowest BCUT2D eigenvalue weighted by Crippen LogP contribution is -2.44. The highest BCUT2D eigenvalue weighted by Crippen LogP contribution is 2.17. The molecule has 0 aromatic carbocycles. The van der Waals surface area contributed by atoms with Gasteiger partial charge in [0, 0.05) is 31.7 Å². The molecule has 128 valence electrons. The number of pyridine rings is 1. The summed E-state index contributed by atoms with van der Waals surface area (Å²) >= 11 is 0. The predicted octanol–water partition coefficient (Wildman–Crippen LogP) is 1.62. The van der Waals surface area contributed by atoms with Crippen LogP contribution in [0.1, 0.15) is 17.0 Å². The molecule has 7 nitrogen and oxygen atoms in total. The van der Waals surface area contributed by atoms with Gasteiger partial charge in [-0.05, 0) is 33.0 Å². The van der Waals surface area contributed by atoms with E-state index in [2.05, 4.69) is 32.3 Å². The van der Waals surface area contributed by atoms with Crippen molar-refractivity contribution in [3.05, 3.63) is 35.3 Å². The van der Waals surface area contributed by atoms with Gasteiger partial charge in [0.15, 0.2) is 0 Å². The predicted molar refractivity (Wildman–Crippen MR) is 92.3 cm³/mol. The van der Waals surface area contributed by atoms with Crippen molar-refractivity contribution in [2.75, 3.05) is 43.4 Å².